The van der Waals surface area contributed by atoms with Gasteiger partial charge in [-0.25, -0.2) is 0 Å². The van der Waals surface area contributed by atoms with E-state index in [2.05, 4.69) is 4.98 Å². The molecule has 124 valence electrons. The fraction of sp³-hybridized carbons (Fsp3) is 0.562. The van der Waals surface area contributed by atoms with Crippen LogP contribution in [-0.2, 0) is 14.3 Å². The van der Waals surface area contributed by atoms with Crippen molar-refractivity contribution in [1.82, 2.24) is 14.8 Å². The van der Waals surface area contributed by atoms with Crippen LogP contribution in [0.15, 0.2) is 24.5 Å². The summed E-state index contributed by atoms with van der Waals surface area (Å²) < 4.78 is 5.25. The van der Waals surface area contributed by atoms with Crippen LogP contribution in [0.2, 0.25) is 0 Å². The monoisotopic (exact) mass is 319 g/mol. The van der Waals surface area contributed by atoms with Gasteiger partial charge in [-0.2, -0.15) is 0 Å². The largest absolute Gasteiger partial charge is 0.481 e. The average Bonchev–Trinajstić information content (AvgIpc) is 3.00. The molecule has 2 atom stereocenters. The minimum Gasteiger partial charge on any atom is -0.481 e. The van der Waals surface area contributed by atoms with Gasteiger partial charge in [0, 0.05) is 44.5 Å². The number of aliphatic carboxylic acids is 1. The minimum absolute atomic E-state index is 0.0489. The van der Waals surface area contributed by atoms with Crippen molar-refractivity contribution in [3.05, 3.63) is 30.1 Å². The van der Waals surface area contributed by atoms with Gasteiger partial charge in [-0.15, -0.1) is 0 Å². The number of carboxylic acids is 1. The van der Waals surface area contributed by atoms with Crippen LogP contribution in [0.1, 0.15) is 11.5 Å². The molecular formula is C16H21N3O4. The number of amides is 1. The summed E-state index contributed by atoms with van der Waals surface area (Å²) in [5, 5.41) is 9.49. The van der Waals surface area contributed by atoms with Gasteiger partial charge in [0.05, 0.1) is 25.7 Å². The van der Waals surface area contributed by atoms with Crippen molar-refractivity contribution in [3.63, 3.8) is 0 Å². The molecule has 2 fully saturated rings. The summed E-state index contributed by atoms with van der Waals surface area (Å²) in [6.45, 7) is 3.62. The zero-order valence-electron chi connectivity index (χ0n) is 12.9. The molecular weight excluding hydrogens is 298 g/mol. The summed E-state index contributed by atoms with van der Waals surface area (Å²) in [5.41, 5.74) is 0.966. The summed E-state index contributed by atoms with van der Waals surface area (Å²) in [6.07, 6.45) is 3.35. The SMILES string of the molecule is O=C(O)[C@@H]1CN(CC(=O)N2CCOCC2)C[C@H]1c1ccncc1. The van der Waals surface area contributed by atoms with Gasteiger partial charge < -0.3 is 14.7 Å². The fourth-order valence-corrected chi connectivity index (χ4v) is 3.32. The molecule has 0 aliphatic carbocycles. The lowest BCUT2D eigenvalue weighted by molar-refractivity contribution is -0.142. The molecule has 0 saturated carbocycles. The lowest BCUT2D eigenvalue weighted by Gasteiger charge is -2.28. The quantitative estimate of drug-likeness (QED) is 0.844. The molecule has 23 heavy (non-hydrogen) atoms. The Kier molecular flexibility index (Phi) is 4.88. The number of likely N-dealkylation sites (tertiary alicyclic amines) is 1. The van der Waals surface area contributed by atoms with Crippen LogP contribution in [0.3, 0.4) is 0 Å². The third-order valence-corrected chi connectivity index (χ3v) is 4.57. The number of ether oxygens (including phenoxy) is 1. The highest BCUT2D eigenvalue weighted by atomic mass is 16.5. The van der Waals surface area contributed by atoms with Gasteiger partial charge in [0.25, 0.3) is 0 Å². The third-order valence-electron chi connectivity index (χ3n) is 4.57. The highest BCUT2D eigenvalue weighted by molar-refractivity contribution is 5.79. The Bertz CT molecular complexity index is 560. The number of hydrogen-bond acceptors (Lipinski definition) is 5. The average molecular weight is 319 g/mol. The number of carbonyl (C=O) groups excluding carboxylic acids is 1. The van der Waals surface area contributed by atoms with Crippen LogP contribution in [-0.4, -0.2) is 77.7 Å². The molecule has 0 aromatic carbocycles. The minimum atomic E-state index is -0.812. The van der Waals surface area contributed by atoms with Gasteiger partial charge in [-0.1, -0.05) is 0 Å². The standard InChI is InChI=1S/C16H21N3O4/c20-15(19-5-7-23-8-6-19)11-18-9-13(14(10-18)16(21)22)12-1-3-17-4-2-12/h1-4,13-14H,5-11H2,(H,21,22)/t13-,14+/m0/s1. The summed E-state index contributed by atoms with van der Waals surface area (Å²) in [4.78, 5) is 31.6. The zero-order chi connectivity index (χ0) is 16.2. The molecule has 1 amide bonds. The Morgan fingerprint density at radius 2 is 1.91 bits per heavy atom. The predicted octanol–water partition coefficient (Wildman–Crippen LogP) is 0.0404. The molecule has 3 heterocycles. The van der Waals surface area contributed by atoms with E-state index in [1.165, 1.54) is 0 Å². The number of pyridine rings is 1. The van der Waals surface area contributed by atoms with Gasteiger partial charge in [-0.05, 0) is 17.7 Å². The number of morpholine rings is 1. The second-order valence-electron chi connectivity index (χ2n) is 6.02. The number of nitrogens with zero attached hydrogens (tertiary/aromatic N) is 3. The van der Waals surface area contributed by atoms with Crippen molar-refractivity contribution < 1.29 is 19.4 Å². The zero-order valence-corrected chi connectivity index (χ0v) is 12.9. The van der Waals surface area contributed by atoms with Crippen molar-refractivity contribution in [2.75, 3.05) is 45.9 Å². The van der Waals surface area contributed by atoms with Crippen molar-refractivity contribution in [1.29, 1.82) is 0 Å². The highest BCUT2D eigenvalue weighted by Crippen LogP contribution is 2.32. The maximum atomic E-state index is 12.3. The van der Waals surface area contributed by atoms with E-state index < -0.39 is 11.9 Å². The maximum absolute atomic E-state index is 12.3. The van der Waals surface area contributed by atoms with Crippen molar-refractivity contribution in [3.8, 4) is 0 Å². The summed E-state index contributed by atoms with van der Waals surface area (Å²) in [6, 6.07) is 3.71. The Morgan fingerprint density at radius 3 is 2.57 bits per heavy atom. The molecule has 2 saturated heterocycles. The van der Waals surface area contributed by atoms with E-state index in [-0.39, 0.29) is 18.4 Å². The molecule has 0 radical (unpaired) electrons. The van der Waals surface area contributed by atoms with Gasteiger partial charge in [-0.3, -0.25) is 19.5 Å². The van der Waals surface area contributed by atoms with Crippen LogP contribution >= 0.6 is 0 Å². The van der Waals surface area contributed by atoms with Gasteiger partial charge >= 0.3 is 5.97 Å². The summed E-state index contributed by atoms with van der Waals surface area (Å²) >= 11 is 0. The third kappa shape index (κ3) is 3.68. The van der Waals surface area contributed by atoms with Crippen LogP contribution < -0.4 is 0 Å². The number of carboxylic acid groups (broad SMARTS) is 1. The van der Waals surface area contributed by atoms with Crippen molar-refractivity contribution in [2.45, 2.75) is 5.92 Å². The van der Waals surface area contributed by atoms with E-state index in [4.69, 9.17) is 4.74 Å². The Labute approximate surface area is 134 Å². The summed E-state index contributed by atoms with van der Waals surface area (Å²) in [7, 11) is 0. The molecule has 0 bridgehead atoms. The first kappa shape index (κ1) is 15.9. The molecule has 1 aromatic rings. The molecule has 3 rings (SSSR count). The molecule has 1 N–H and O–H groups in total. The highest BCUT2D eigenvalue weighted by Gasteiger charge is 2.39. The first-order valence-electron chi connectivity index (χ1n) is 7.86. The Hall–Kier alpha value is -1.99. The Morgan fingerprint density at radius 1 is 1.22 bits per heavy atom. The topological polar surface area (TPSA) is 83.0 Å². The maximum Gasteiger partial charge on any atom is 0.308 e. The first-order valence-corrected chi connectivity index (χ1v) is 7.86. The van der Waals surface area contributed by atoms with E-state index in [0.717, 1.165) is 5.56 Å². The molecule has 0 spiro atoms. The van der Waals surface area contributed by atoms with E-state index >= 15 is 0 Å². The predicted molar refractivity (Wildman–Crippen MR) is 81.9 cm³/mol. The normalized spacial score (nSPS) is 25.5. The van der Waals surface area contributed by atoms with E-state index in [9.17, 15) is 14.7 Å². The van der Waals surface area contributed by atoms with Crippen LogP contribution in [0.5, 0.6) is 0 Å². The van der Waals surface area contributed by atoms with E-state index in [0.29, 0.717) is 39.4 Å². The van der Waals surface area contributed by atoms with Crippen molar-refractivity contribution >= 4 is 11.9 Å². The molecule has 0 unspecified atom stereocenters. The van der Waals surface area contributed by atoms with Crippen LogP contribution in [0, 0.1) is 5.92 Å². The fourth-order valence-electron chi connectivity index (χ4n) is 3.32. The molecule has 7 heteroatoms. The summed E-state index contributed by atoms with van der Waals surface area (Å²) in [5.74, 6) is -1.36. The smallest absolute Gasteiger partial charge is 0.308 e. The lowest BCUT2D eigenvalue weighted by atomic mass is 9.90. The first-order chi connectivity index (χ1) is 11.1. The second kappa shape index (κ2) is 7.06. The number of carbonyl (C=O) groups is 2. The molecule has 7 nitrogen and oxygen atoms in total. The second-order valence-corrected chi connectivity index (χ2v) is 6.02. The van der Waals surface area contributed by atoms with Crippen LogP contribution in [0.25, 0.3) is 0 Å². The number of hydrogen-bond donors (Lipinski definition) is 1. The van der Waals surface area contributed by atoms with Gasteiger partial charge in [0.2, 0.25) is 5.91 Å². The van der Waals surface area contributed by atoms with Gasteiger partial charge in [0.1, 0.15) is 0 Å². The van der Waals surface area contributed by atoms with E-state index in [1.54, 1.807) is 17.3 Å². The van der Waals surface area contributed by atoms with Crippen molar-refractivity contribution in [2.24, 2.45) is 5.92 Å². The van der Waals surface area contributed by atoms with E-state index in [1.807, 2.05) is 17.0 Å². The molecule has 2 aliphatic rings. The Balaban J connectivity index is 1.65. The number of aromatic nitrogens is 1. The van der Waals surface area contributed by atoms with Gasteiger partial charge in [0.15, 0.2) is 0 Å². The molecule has 2 aliphatic heterocycles. The number of rotatable bonds is 4. The van der Waals surface area contributed by atoms with Crippen LogP contribution in [0.4, 0.5) is 0 Å². The lowest BCUT2D eigenvalue weighted by Crippen LogP contribution is -2.45. The molecule has 1 aromatic heterocycles.